The van der Waals surface area contributed by atoms with Crippen LogP contribution in [0.1, 0.15) is 65.7 Å². The van der Waals surface area contributed by atoms with Crippen LogP contribution in [0.3, 0.4) is 0 Å². The topological polar surface area (TPSA) is 12.0 Å². The molecule has 3 unspecified atom stereocenters. The summed E-state index contributed by atoms with van der Waals surface area (Å²) in [4.78, 5) is 0. The van der Waals surface area contributed by atoms with E-state index in [1.807, 2.05) is 0 Å². The molecule has 0 radical (unpaired) electrons. The third kappa shape index (κ3) is 3.79. The molecule has 0 heterocycles. The van der Waals surface area contributed by atoms with E-state index >= 15 is 0 Å². The van der Waals surface area contributed by atoms with Crippen molar-refractivity contribution in [3.05, 3.63) is 0 Å². The largest absolute Gasteiger partial charge is 0.314 e. The summed E-state index contributed by atoms with van der Waals surface area (Å²) in [5, 5.41) is 3.72. The van der Waals surface area contributed by atoms with Gasteiger partial charge in [0.2, 0.25) is 0 Å². The zero-order chi connectivity index (χ0) is 11.1. The highest BCUT2D eigenvalue weighted by molar-refractivity contribution is 4.84. The van der Waals surface area contributed by atoms with Gasteiger partial charge in [-0.15, -0.1) is 0 Å². The van der Waals surface area contributed by atoms with E-state index in [0.717, 1.165) is 24.4 Å². The second-order valence-electron chi connectivity index (χ2n) is 5.07. The Hall–Kier alpha value is -0.0400. The third-order valence-corrected chi connectivity index (χ3v) is 4.08. The van der Waals surface area contributed by atoms with Crippen molar-refractivity contribution < 1.29 is 0 Å². The van der Waals surface area contributed by atoms with Crippen molar-refractivity contribution in [1.82, 2.24) is 5.32 Å². The molecular formula is C14H29N. The molecular weight excluding hydrogens is 182 g/mol. The second-order valence-corrected chi connectivity index (χ2v) is 5.07. The van der Waals surface area contributed by atoms with E-state index in [1.54, 1.807) is 0 Å². The van der Waals surface area contributed by atoms with Gasteiger partial charge in [0.1, 0.15) is 0 Å². The van der Waals surface area contributed by atoms with Gasteiger partial charge in [0.15, 0.2) is 0 Å². The Bertz CT molecular complexity index is 149. The molecule has 1 heteroatoms. The van der Waals surface area contributed by atoms with E-state index in [9.17, 15) is 0 Å². The van der Waals surface area contributed by atoms with Crippen LogP contribution >= 0.6 is 0 Å². The molecule has 1 rings (SSSR count). The minimum atomic E-state index is 0.797. The molecule has 1 nitrogen and oxygen atoms in total. The Morgan fingerprint density at radius 3 is 2.47 bits per heavy atom. The SMILES string of the molecule is CCCC(NCC)C1CCCCC1CC. The molecule has 1 aliphatic carbocycles. The maximum absolute atomic E-state index is 3.72. The van der Waals surface area contributed by atoms with Crippen LogP contribution in [0.4, 0.5) is 0 Å². The standard InChI is InChI=1S/C14H29N/c1-4-9-14(15-6-3)13-11-8-7-10-12(13)5-2/h12-15H,4-11H2,1-3H3. The van der Waals surface area contributed by atoms with Gasteiger partial charge < -0.3 is 5.32 Å². The Labute approximate surface area is 96.0 Å². The Balaban J connectivity index is 2.53. The second kappa shape index (κ2) is 7.27. The summed E-state index contributed by atoms with van der Waals surface area (Å²) < 4.78 is 0. The van der Waals surface area contributed by atoms with Crippen LogP contribution in [-0.4, -0.2) is 12.6 Å². The van der Waals surface area contributed by atoms with Crippen LogP contribution in [0, 0.1) is 11.8 Å². The molecule has 1 aliphatic rings. The van der Waals surface area contributed by atoms with Crippen molar-refractivity contribution in [3.8, 4) is 0 Å². The molecule has 0 amide bonds. The van der Waals surface area contributed by atoms with Crippen molar-refractivity contribution >= 4 is 0 Å². The minimum Gasteiger partial charge on any atom is -0.314 e. The van der Waals surface area contributed by atoms with E-state index in [-0.39, 0.29) is 0 Å². The molecule has 0 aromatic carbocycles. The highest BCUT2D eigenvalue weighted by Gasteiger charge is 2.29. The van der Waals surface area contributed by atoms with Crippen LogP contribution in [0.25, 0.3) is 0 Å². The van der Waals surface area contributed by atoms with Crippen molar-refractivity contribution in [1.29, 1.82) is 0 Å². The van der Waals surface area contributed by atoms with Gasteiger partial charge >= 0.3 is 0 Å². The summed E-state index contributed by atoms with van der Waals surface area (Å²) >= 11 is 0. The normalized spacial score (nSPS) is 29.0. The van der Waals surface area contributed by atoms with Gasteiger partial charge in [-0.1, -0.05) is 52.9 Å². The van der Waals surface area contributed by atoms with Crippen LogP contribution in [0.2, 0.25) is 0 Å². The lowest BCUT2D eigenvalue weighted by atomic mass is 9.73. The van der Waals surface area contributed by atoms with Gasteiger partial charge in [-0.3, -0.25) is 0 Å². The molecule has 1 N–H and O–H groups in total. The zero-order valence-electron chi connectivity index (χ0n) is 10.9. The van der Waals surface area contributed by atoms with E-state index in [0.29, 0.717) is 0 Å². The van der Waals surface area contributed by atoms with E-state index in [4.69, 9.17) is 0 Å². The lowest BCUT2D eigenvalue weighted by molar-refractivity contribution is 0.169. The van der Waals surface area contributed by atoms with E-state index in [2.05, 4.69) is 26.1 Å². The van der Waals surface area contributed by atoms with E-state index < -0.39 is 0 Å². The highest BCUT2D eigenvalue weighted by Crippen LogP contribution is 2.35. The molecule has 1 saturated carbocycles. The van der Waals surface area contributed by atoms with Crippen LogP contribution < -0.4 is 5.32 Å². The predicted octanol–water partition coefficient (Wildman–Crippen LogP) is 3.98. The first-order valence-electron chi connectivity index (χ1n) is 7.06. The Morgan fingerprint density at radius 2 is 1.87 bits per heavy atom. The fraction of sp³-hybridized carbons (Fsp3) is 1.00. The minimum absolute atomic E-state index is 0.797. The summed E-state index contributed by atoms with van der Waals surface area (Å²) in [6, 6.07) is 0.797. The summed E-state index contributed by atoms with van der Waals surface area (Å²) in [7, 11) is 0. The Morgan fingerprint density at radius 1 is 1.13 bits per heavy atom. The summed E-state index contributed by atoms with van der Waals surface area (Å²) in [6.07, 6.45) is 9.96. The van der Waals surface area contributed by atoms with Crippen LogP contribution in [-0.2, 0) is 0 Å². The molecule has 0 aromatic rings. The van der Waals surface area contributed by atoms with Crippen molar-refractivity contribution in [2.24, 2.45) is 11.8 Å². The first kappa shape index (κ1) is 13.0. The molecule has 90 valence electrons. The molecule has 0 aromatic heterocycles. The quantitative estimate of drug-likeness (QED) is 0.700. The molecule has 0 spiro atoms. The number of hydrogen-bond acceptors (Lipinski definition) is 1. The van der Waals surface area contributed by atoms with Gasteiger partial charge in [0.25, 0.3) is 0 Å². The van der Waals surface area contributed by atoms with Crippen LogP contribution in [0.15, 0.2) is 0 Å². The smallest absolute Gasteiger partial charge is 0.00977 e. The van der Waals surface area contributed by atoms with Crippen molar-refractivity contribution in [2.45, 2.75) is 71.8 Å². The van der Waals surface area contributed by atoms with Crippen molar-refractivity contribution in [2.75, 3.05) is 6.54 Å². The van der Waals surface area contributed by atoms with Gasteiger partial charge in [-0.25, -0.2) is 0 Å². The van der Waals surface area contributed by atoms with Gasteiger partial charge in [-0.05, 0) is 31.2 Å². The zero-order valence-corrected chi connectivity index (χ0v) is 10.9. The molecule has 15 heavy (non-hydrogen) atoms. The molecule has 0 bridgehead atoms. The first-order chi connectivity index (χ1) is 7.33. The maximum atomic E-state index is 3.72. The molecule has 0 saturated heterocycles. The van der Waals surface area contributed by atoms with Crippen molar-refractivity contribution in [3.63, 3.8) is 0 Å². The molecule has 0 aliphatic heterocycles. The van der Waals surface area contributed by atoms with Gasteiger partial charge in [-0.2, -0.15) is 0 Å². The Kier molecular flexibility index (Phi) is 6.31. The monoisotopic (exact) mass is 211 g/mol. The molecule has 3 atom stereocenters. The lowest BCUT2D eigenvalue weighted by Gasteiger charge is -2.37. The fourth-order valence-corrected chi connectivity index (χ4v) is 3.31. The highest BCUT2D eigenvalue weighted by atomic mass is 14.9. The van der Waals surface area contributed by atoms with Crippen LogP contribution in [0.5, 0.6) is 0 Å². The maximum Gasteiger partial charge on any atom is 0.00977 e. The predicted molar refractivity (Wildman–Crippen MR) is 68.1 cm³/mol. The molecule has 1 fully saturated rings. The summed E-state index contributed by atoms with van der Waals surface area (Å²) in [5.74, 6) is 1.96. The first-order valence-corrected chi connectivity index (χ1v) is 7.06. The summed E-state index contributed by atoms with van der Waals surface area (Å²) in [6.45, 7) is 8.07. The third-order valence-electron chi connectivity index (χ3n) is 4.08. The number of hydrogen-bond donors (Lipinski definition) is 1. The number of rotatable bonds is 6. The summed E-state index contributed by atoms with van der Waals surface area (Å²) in [5.41, 5.74) is 0. The van der Waals surface area contributed by atoms with E-state index in [1.165, 1.54) is 44.9 Å². The average Bonchev–Trinajstić information content (AvgIpc) is 2.29. The number of nitrogens with one attached hydrogen (secondary N) is 1. The average molecular weight is 211 g/mol. The fourth-order valence-electron chi connectivity index (χ4n) is 3.31. The van der Waals surface area contributed by atoms with Gasteiger partial charge in [0, 0.05) is 6.04 Å². The van der Waals surface area contributed by atoms with Gasteiger partial charge in [0.05, 0.1) is 0 Å². The lowest BCUT2D eigenvalue weighted by Crippen LogP contribution is -2.40.